The summed E-state index contributed by atoms with van der Waals surface area (Å²) in [5.41, 5.74) is 0.666. The van der Waals surface area contributed by atoms with Crippen molar-refractivity contribution < 1.29 is 9.59 Å². The number of rotatable bonds is 2. The van der Waals surface area contributed by atoms with Crippen LogP contribution in [-0.2, 0) is 4.79 Å². The molecule has 0 spiro atoms. The van der Waals surface area contributed by atoms with Gasteiger partial charge < -0.3 is 0 Å². The van der Waals surface area contributed by atoms with Crippen molar-refractivity contribution in [2.45, 2.75) is 13.0 Å². The summed E-state index contributed by atoms with van der Waals surface area (Å²) in [5.74, 6) is -0.333. The van der Waals surface area contributed by atoms with Gasteiger partial charge in [-0.15, -0.1) is 0 Å². The summed E-state index contributed by atoms with van der Waals surface area (Å²) in [4.78, 5) is 26.2. The highest BCUT2D eigenvalue weighted by Crippen LogP contribution is 2.24. The fourth-order valence-electron chi connectivity index (χ4n) is 1.86. The van der Waals surface area contributed by atoms with Gasteiger partial charge in [-0.05, 0) is 19.1 Å². The standard InChI is InChI=1S/C12H11N3O2/c1-9-11(16)14(8-7-13)12(17)15(9)10-5-3-2-4-6-10/h2-6,9H,8H2,1H3/t9-/m0/s1. The Morgan fingerprint density at radius 1 is 1.29 bits per heavy atom. The number of nitriles is 1. The van der Waals surface area contributed by atoms with Crippen molar-refractivity contribution in [2.24, 2.45) is 0 Å². The second-order valence-corrected chi connectivity index (χ2v) is 3.75. The molecule has 0 unspecified atom stereocenters. The molecule has 3 amide bonds. The zero-order valence-electron chi connectivity index (χ0n) is 9.33. The van der Waals surface area contributed by atoms with E-state index < -0.39 is 12.1 Å². The predicted octanol–water partition coefficient (Wildman–Crippen LogP) is 1.37. The topological polar surface area (TPSA) is 64.4 Å². The second kappa shape index (κ2) is 4.26. The highest BCUT2D eigenvalue weighted by atomic mass is 16.2. The van der Waals surface area contributed by atoms with Crippen LogP contribution < -0.4 is 4.90 Å². The third kappa shape index (κ3) is 1.74. The van der Waals surface area contributed by atoms with Gasteiger partial charge in [-0.3, -0.25) is 9.69 Å². The molecule has 0 radical (unpaired) electrons. The molecule has 5 heteroatoms. The number of benzene rings is 1. The molecule has 86 valence electrons. The average Bonchev–Trinajstić information content (AvgIpc) is 2.55. The van der Waals surface area contributed by atoms with E-state index in [1.165, 1.54) is 4.90 Å². The van der Waals surface area contributed by atoms with Crippen molar-refractivity contribution in [3.05, 3.63) is 30.3 Å². The van der Waals surface area contributed by atoms with Gasteiger partial charge in [0.05, 0.1) is 6.07 Å². The first-order chi connectivity index (χ1) is 8.16. The van der Waals surface area contributed by atoms with Gasteiger partial charge in [-0.2, -0.15) is 5.26 Å². The molecule has 0 saturated carbocycles. The Morgan fingerprint density at radius 3 is 2.53 bits per heavy atom. The minimum Gasteiger partial charge on any atom is -0.282 e. The zero-order chi connectivity index (χ0) is 12.4. The van der Waals surface area contributed by atoms with Crippen LogP contribution in [0.3, 0.4) is 0 Å². The summed E-state index contributed by atoms with van der Waals surface area (Å²) in [6.07, 6.45) is 0. The lowest BCUT2D eigenvalue weighted by Crippen LogP contribution is -2.33. The van der Waals surface area contributed by atoms with Gasteiger partial charge in [0.15, 0.2) is 0 Å². The summed E-state index contributed by atoms with van der Waals surface area (Å²) in [7, 11) is 0. The maximum absolute atomic E-state index is 12.0. The normalized spacial score (nSPS) is 19.6. The summed E-state index contributed by atoms with van der Waals surface area (Å²) in [6.45, 7) is 1.45. The quantitative estimate of drug-likeness (QED) is 0.568. The Morgan fingerprint density at radius 2 is 1.94 bits per heavy atom. The SMILES string of the molecule is C[C@H]1C(=O)N(CC#N)C(=O)N1c1ccccc1. The molecule has 0 aliphatic carbocycles. The van der Waals surface area contributed by atoms with E-state index >= 15 is 0 Å². The Labute approximate surface area is 98.9 Å². The fraction of sp³-hybridized carbons (Fsp3) is 0.250. The van der Waals surface area contributed by atoms with E-state index in [4.69, 9.17) is 5.26 Å². The number of urea groups is 1. The van der Waals surface area contributed by atoms with Gasteiger partial charge in [0, 0.05) is 5.69 Å². The van der Waals surface area contributed by atoms with E-state index in [9.17, 15) is 9.59 Å². The molecular formula is C12H11N3O2. The van der Waals surface area contributed by atoms with Crippen LogP contribution in [0, 0.1) is 11.3 Å². The first-order valence-corrected chi connectivity index (χ1v) is 5.23. The lowest BCUT2D eigenvalue weighted by Gasteiger charge is -2.18. The first kappa shape index (κ1) is 11.1. The minimum absolute atomic E-state index is 0.203. The minimum atomic E-state index is -0.557. The molecule has 0 aromatic heterocycles. The fourth-order valence-corrected chi connectivity index (χ4v) is 1.86. The van der Waals surface area contributed by atoms with Crippen LogP contribution in [0.4, 0.5) is 10.5 Å². The molecular weight excluding hydrogens is 218 g/mol. The van der Waals surface area contributed by atoms with Gasteiger partial charge in [-0.25, -0.2) is 9.69 Å². The lowest BCUT2D eigenvalue weighted by molar-refractivity contribution is -0.126. The number of carbonyl (C=O) groups is 2. The monoisotopic (exact) mass is 229 g/mol. The van der Waals surface area contributed by atoms with E-state index in [2.05, 4.69) is 0 Å². The molecule has 5 nitrogen and oxygen atoms in total. The smallest absolute Gasteiger partial charge is 0.282 e. The van der Waals surface area contributed by atoms with Crippen molar-refractivity contribution in [2.75, 3.05) is 11.4 Å². The zero-order valence-corrected chi connectivity index (χ0v) is 9.33. The molecule has 1 atom stereocenters. The lowest BCUT2D eigenvalue weighted by atomic mass is 10.2. The maximum Gasteiger partial charge on any atom is 0.332 e. The average molecular weight is 229 g/mol. The number of hydrogen-bond acceptors (Lipinski definition) is 3. The highest BCUT2D eigenvalue weighted by Gasteiger charge is 2.42. The van der Waals surface area contributed by atoms with E-state index in [1.54, 1.807) is 31.2 Å². The molecule has 1 aliphatic rings. The van der Waals surface area contributed by atoms with E-state index in [1.807, 2.05) is 12.1 Å². The van der Waals surface area contributed by atoms with Gasteiger partial charge >= 0.3 is 6.03 Å². The third-order valence-electron chi connectivity index (χ3n) is 2.71. The number of hydrogen-bond donors (Lipinski definition) is 0. The van der Waals surface area contributed by atoms with Crippen LogP contribution in [0.25, 0.3) is 0 Å². The Hall–Kier alpha value is -2.35. The number of carbonyl (C=O) groups excluding carboxylic acids is 2. The highest BCUT2D eigenvalue weighted by molar-refractivity contribution is 6.14. The Kier molecular flexibility index (Phi) is 2.79. The number of nitrogens with zero attached hydrogens (tertiary/aromatic N) is 3. The Bertz CT molecular complexity index is 492. The van der Waals surface area contributed by atoms with Crippen molar-refractivity contribution >= 4 is 17.6 Å². The summed E-state index contributed by atoms with van der Waals surface area (Å²) in [5, 5.41) is 8.59. The molecule has 1 aromatic rings. The van der Waals surface area contributed by atoms with Crippen molar-refractivity contribution in [1.29, 1.82) is 5.26 Å². The molecule has 17 heavy (non-hydrogen) atoms. The maximum atomic E-state index is 12.0. The van der Waals surface area contributed by atoms with Crippen molar-refractivity contribution in [1.82, 2.24) is 4.90 Å². The third-order valence-corrected chi connectivity index (χ3v) is 2.71. The van der Waals surface area contributed by atoms with Gasteiger partial charge in [0.1, 0.15) is 12.6 Å². The van der Waals surface area contributed by atoms with Crippen molar-refractivity contribution in [3.63, 3.8) is 0 Å². The van der Waals surface area contributed by atoms with Crippen LogP contribution in [0.2, 0.25) is 0 Å². The molecule has 1 saturated heterocycles. The molecule has 0 bridgehead atoms. The van der Waals surface area contributed by atoms with E-state index in [0.717, 1.165) is 4.90 Å². The number of anilines is 1. The van der Waals surface area contributed by atoms with E-state index in [-0.39, 0.29) is 12.5 Å². The molecule has 1 fully saturated rings. The van der Waals surface area contributed by atoms with Gasteiger partial charge in [-0.1, -0.05) is 18.2 Å². The molecule has 0 N–H and O–H groups in total. The Balaban J connectivity index is 2.35. The number of para-hydroxylation sites is 1. The summed E-state index contributed by atoms with van der Waals surface area (Å²) >= 11 is 0. The van der Waals surface area contributed by atoms with Crippen LogP contribution in [0.15, 0.2) is 30.3 Å². The van der Waals surface area contributed by atoms with Crippen LogP contribution in [-0.4, -0.2) is 29.4 Å². The van der Waals surface area contributed by atoms with Crippen LogP contribution in [0.1, 0.15) is 6.92 Å². The first-order valence-electron chi connectivity index (χ1n) is 5.23. The largest absolute Gasteiger partial charge is 0.332 e. The van der Waals surface area contributed by atoms with Crippen LogP contribution >= 0.6 is 0 Å². The molecule has 1 aromatic carbocycles. The molecule has 1 heterocycles. The second-order valence-electron chi connectivity index (χ2n) is 3.75. The number of amides is 3. The van der Waals surface area contributed by atoms with Crippen molar-refractivity contribution in [3.8, 4) is 6.07 Å². The number of imide groups is 1. The van der Waals surface area contributed by atoms with Gasteiger partial charge in [0.25, 0.3) is 5.91 Å². The summed E-state index contributed by atoms with van der Waals surface area (Å²) < 4.78 is 0. The predicted molar refractivity (Wildman–Crippen MR) is 61.1 cm³/mol. The van der Waals surface area contributed by atoms with Gasteiger partial charge in [0.2, 0.25) is 0 Å². The molecule has 2 rings (SSSR count). The molecule has 1 aliphatic heterocycles. The van der Waals surface area contributed by atoms with Crippen LogP contribution in [0.5, 0.6) is 0 Å². The van der Waals surface area contributed by atoms with E-state index in [0.29, 0.717) is 5.69 Å². The summed E-state index contributed by atoms with van der Waals surface area (Å²) in [6, 6.07) is 9.79.